The predicted octanol–water partition coefficient (Wildman–Crippen LogP) is 4.13. The van der Waals surface area contributed by atoms with Crippen molar-refractivity contribution in [2.75, 3.05) is 19.5 Å². The molecule has 122 valence electrons. The molecule has 4 nitrogen and oxygen atoms in total. The van der Waals surface area contributed by atoms with Crippen LogP contribution in [0.15, 0.2) is 47.4 Å². The van der Waals surface area contributed by atoms with Crippen LogP contribution < -0.4 is 14.8 Å². The molecule has 0 aliphatic rings. The SMILES string of the molecule is COc1ccc(S[C@H](C)C(=O)Nc2cc(C)ccc2OC)cc1. The molecule has 1 atom stereocenters. The number of methoxy groups -OCH3 is 2. The summed E-state index contributed by atoms with van der Waals surface area (Å²) in [5.74, 6) is 1.40. The molecule has 0 radical (unpaired) electrons. The number of carbonyl (C=O) groups excluding carboxylic acids is 1. The van der Waals surface area contributed by atoms with Crippen molar-refractivity contribution in [2.24, 2.45) is 0 Å². The van der Waals surface area contributed by atoms with Gasteiger partial charge in [0.1, 0.15) is 11.5 Å². The van der Waals surface area contributed by atoms with Gasteiger partial charge in [0, 0.05) is 4.90 Å². The molecule has 23 heavy (non-hydrogen) atoms. The lowest BCUT2D eigenvalue weighted by Crippen LogP contribution is -2.22. The molecule has 2 rings (SSSR count). The molecule has 0 bridgehead atoms. The zero-order valence-electron chi connectivity index (χ0n) is 13.8. The average Bonchev–Trinajstić information content (AvgIpc) is 2.55. The Bertz CT molecular complexity index is 670. The predicted molar refractivity (Wildman–Crippen MR) is 94.7 cm³/mol. The molecular weight excluding hydrogens is 310 g/mol. The van der Waals surface area contributed by atoms with Crippen molar-refractivity contribution in [1.29, 1.82) is 0 Å². The molecular formula is C18H21NO3S. The lowest BCUT2D eigenvalue weighted by molar-refractivity contribution is -0.115. The monoisotopic (exact) mass is 331 g/mol. The topological polar surface area (TPSA) is 47.6 Å². The number of hydrogen-bond acceptors (Lipinski definition) is 4. The third-order valence-corrected chi connectivity index (χ3v) is 4.47. The lowest BCUT2D eigenvalue weighted by atomic mass is 10.2. The molecule has 2 aromatic carbocycles. The smallest absolute Gasteiger partial charge is 0.237 e. The molecule has 0 unspecified atom stereocenters. The van der Waals surface area contributed by atoms with Crippen LogP contribution in [0, 0.1) is 6.92 Å². The summed E-state index contributed by atoms with van der Waals surface area (Å²) in [5, 5.41) is 2.71. The van der Waals surface area contributed by atoms with Crippen LogP contribution in [0.5, 0.6) is 11.5 Å². The Morgan fingerprint density at radius 1 is 1.09 bits per heavy atom. The molecule has 0 saturated heterocycles. The fraction of sp³-hybridized carbons (Fsp3) is 0.278. The van der Waals surface area contributed by atoms with E-state index in [1.807, 2.05) is 56.3 Å². The van der Waals surface area contributed by atoms with Gasteiger partial charge in [-0.3, -0.25) is 4.79 Å². The highest BCUT2D eigenvalue weighted by Gasteiger charge is 2.16. The van der Waals surface area contributed by atoms with Gasteiger partial charge in [0.15, 0.2) is 0 Å². The summed E-state index contributed by atoms with van der Waals surface area (Å²) in [4.78, 5) is 13.4. The van der Waals surface area contributed by atoms with Crippen molar-refractivity contribution in [3.8, 4) is 11.5 Å². The van der Waals surface area contributed by atoms with Crippen molar-refractivity contribution in [3.63, 3.8) is 0 Å². The van der Waals surface area contributed by atoms with E-state index in [1.165, 1.54) is 11.8 Å². The van der Waals surface area contributed by atoms with Crippen LogP contribution in [-0.4, -0.2) is 25.4 Å². The molecule has 5 heteroatoms. The fourth-order valence-corrected chi connectivity index (χ4v) is 2.93. The third-order valence-electron chi connectivity index (χ3n) is 3.35. The maximum Gasteiger partial charge on any atom is 0.237 e. The van der Waals surface area contributed by atoms with Gasteiger partial charge in [-0.2, -0.15) is 0 Å². The molecule has 0 saturated carbocycles. The first-order valence-electron chi connectivity index (χ1n) is 7.29. The molecule has 0 aliphatic heterocycles. The number of nitrogens with one attached hydrogen (secondary N) is 1. The van der Waals surface area contributed by atoms with Gasteiger partial charge in [-0.05, 0) is 55.8 Å². The second-order valence-electron chi connectivity index (χ2n) is 5.13. The minimum Gasteiger partial charge on any atom is -0.497 e. The summed E-state index contributed by atoms with van der Waals surface area (Å²) >= 11 is 1.50. The van der Waals surface area contributed by atoms with E-state index in [9.17, 15) is 4.79 Å². The number of thioether (sulfide) groups is 1. The Morgan fingerprint density at radius 2 is 1.78 bits per heavy atom. The van der Waals surface area contributed by atoms with Crippen molar-refractivity contribution in [2.45, 2.75) is 24.0 Å². The number of ether oxygens (including phenoxy) is 2. The van der Waals surface area contributed by atoms with Crippen LogP contribution >= 0.6 is 11.8 Å². The van der Waals surface area contributed by atoms with Crippen molar-refractivity contribution >= 4 is 23.4 Å². The summed E-state index contributed by atoms with van der Waals surface area (Å²) in [7, 11) is 3.23. The van der Waals surface area contributed by atoms with Gasteiger partial charge in [0.2, 0.25) is 5.91 Å². The average molecular weight is 331 g/mol. The summed E-state index contributed by atoms with van der Waals surface area (Å²) in [6.07, 6.45) is 0. The molecule has 1 N–H and O–H groups in total. The maximum atomic E-state index is 12.4. The number of carbonyl (C=O) groups is 1. The van der Waals surface area contributed by atoms with E-state index in [1.54, 1.807) is 14.2 Å². The summed E-state index contributed by atoms with van der Waals surface area (Å²) in [6, 6.07) is 13.4. The van der Waals surface area contributed by atoms with Gasteiger partial charge < -0.3 is 14.8 Å². The first-order chi connectivity index (χ1) is 11.0. The third kappa shape index (κ3) is 4.66. The van der Waals surface area contributed by atoms with Crippen LogP contribution in [-0.2, 0) is 4.79 Å². The highest BCUT2D eigenvalue weighted by atomic mass is 32.2. The fourth-order valence-electron chi connectivity index (χ4n) is 2.07. The first kappa shape index (κ1) is 17.2. The highest BCUT2D eigenvalue weighted by molar-refractivity contribution is 8.00. The van der Waals surface area contributed by atoms with Gasteiger partial charge in [0.25, 0.3) is 0 Å². The molecule has 2 aromatic rings. The Morgan fingerprint density at radius 3 is 2.39 bits per heavy atom. The summed E-state index contributed by atoms with van der Waals surface area (Å²) in [5.41, 5.74) is 1.76. The van der Waals surface area contributed by atoms with E-state index in [2.05, 4.69) is 5.32 Å². The lowest BCUT2D eigenvalue weighted by Gasteiger charge is -2.15. The van der Waals surface area contributed by atoms with Crippen molar-refractivity contribution in [3.05, 3.63) is 48.0 Å². The van der Waals surface area contributed by atoms with E-state index in [4.69, 9.17) is 9.47 Å². The molecule has 0 aromatic heterocycles. The van der Waals surface area contributed by atoms with Crippen LogP contribution in [0.1, 0.15) is 12.5 Å². The Balaban J connectivity index is 2.03. The molecule has 0 fully saturated rings. The van der Waals surface area contributed by atoms with E-state index < -0.39 is 0 Å². The van der Waals surface area contributed by atoms with Gasteiger partial charge >= 0.3 is 0 Å². The second-order valence-corrected chi connectivity index (χ2v) is 6.54. The van der Waals surface area contributed by atoms with E-state index in [0.717, 1.165) is 16.2 Å². The van der Waals surface area contributed by atoms with Crippen LogP contribution in [0.2, 0.25) is 0 Å². The second kappa shape index (κ2) is 7.92. The molecule has 0 spiro atoms. The summed E-state index contributed by atoms with van der Waals surface area (Å²) in [6.45, 7) is 3.86. The highest BCUT2D eigenvalue weighted by Crippen LogP contribution is 2.29. The molecule has 0 heterocycles. The van der Waals surface area contributed by atoms with Crippen LogP contribution in [0.25, 0.3) is 0 Å². The number of benzene rings is 2. The van der Waals surface area contributed by atoms with Crippen molar-refractivity contribution < 1.29 is 14.3 Å². The van der Waals surface area contributed by atoms with Gasteiger partial charge in [-0.25, -0.2) is 0 Å². The maximum absolute atomic E-state index is 12.4. The van der Waals surface area contributed by atoms with Crippen LogP contribution in [0.4, 0.5) is 5.69 Å². The number of amides is 1. The zero-order valence-corrected chi connectivity index (χ0v) is 14.6. The minimum absolute atomic E-state index is 0.0604. The zero-order chi connectivity index (χ0) is 16.8. The number of hydrogen-bond donors (Lipinski definition) is 1. The Labute approximate surface area is 141 Å². The number of anilines is 1. The van der Waals surface area contributed by atoms with Crippen molar-refractivity contribution in [1.82, 2.24) is 0 Å². The van der Waals surface area contributed by atoms with E-state index in [-0.39, 0.29) is 11.2 Å². The Hall–Kier alpha value is -2.14. The Kier molecular flexibility index (Phi) is 5.93. The largest absolute Gasteiger partial charge is 0.497 e. The first-order valence-corrected chi connectivity index (χ1v) is 8.17. The molecule has 1 amide bonds. The number of rotatable bonds is 6. The van der Waals surface area contributed by atoms with E-state index >= 15 is 0 Å². The van der Waals surface area contributed by atoms with Crippen LogP contribution in [0.3, 0.4) is 0 Å². The standard InChI is InChI=1S/C18H21NO3S/c1-12-5-10-17(22-4)16(11-12)19-18(20)13(2)23-15-8-6-14(21-3)7-9-15/h5-11,13H,1-4H3,(H,19,20)/t13-/m1/s1. The van der Waals surface area contributed by atoms with E-state index in [0.29, 0.717) is 11.4 Å². The number of aryl methyl sites for hydroxylation is 1. The quantitative estimate of drug-likeness (QED) is 0.809. The minimum atomic E-state index is -0.228. The van der Waals surface area contributed by atoms with Gasteiger partial charge in [0.05, 0.1) is 25.2 Å². The molecule has 0 aliphatic carbocycles. The summed E-state index contributed by atoms with van der Waals surface area (Å²) < 4.78 is 10.4. The van der Waals surface area contributed by atoms with Gasteiger partial charge in [-0.15, -0.1) is 11.8 Å². The normalized spacial score (nSPS) is 11.7. The van der Waals surface area contributed by atoms with Gasteiger partial charge in [-0.1, -0.05) is 6.07 Å².